The minimum Gasteiger partial charge on any atom is -0.392 e. The zero-order chi connectivity index (χ0) is 17.5. The Bertz CT molecular complexity index is 566. The Hall–Kier alpha value is -1.85. The predicted octanol–water partition coefficient (Wildman–Crippen LogP) is 2.05. The van der Waals surface area contributed by atoms with Crippen LogP contribution in [0, 0.1) is 6.92 Å². The molecule has 1 aromatic carbocycles. The second-order valence-electron chi connectivity index (χ2n) is 6.55. The molecule has 1 aromatic rings. The summed E-state index contributed by atoms with van der Waals surface area (Å²) < 4.78 is 0. The molecule has 1 fully saturated rings. The van der Waals surface area contributed by atoms with Crippen molar-refractivity contribution in [2.75, 3.05) is 25.0 Å². The van der Waals surface area contributed by atoms with E-state index in [9.17, 15) is 9.90 Å². The fraction of sp³-hybridized carbons (Fsp3) is 0.526. The number of aliphatic hydroxyl groups is 1. The van der Waals surface area contributed by atoms with Gasteiger partial charge in [0.2, 0.25) is 5.91 Å². The fourth-order valence-corrected chi connectivity index (χ4v) is 3.07. The van der Waals surface area contributed by atoms with Crippen molar-refractivity contribution in [3.05, 3.63) is 42.0 Å². The smallest absolute Gasteiger partial charge is 0.234 e. The highest BCUT2D eigenvalue weighted by molar-refractivity contribution is 5.78. The number of nitrogens with zero attached hydrogens (tertiary/aromatic N) is 1. The van der Waals surface area contributed by atoms with Crippen LogP contribution in [-0.2, 0) is 11.4 Å². The molecule has 0 aromatic heterocycles. The molecule has 0 aliphatic carbocycles. The molecule has 0 spiro atoms. The van der Waals surface area contributed by atoms with Crippen molar-refractivity contribution in [3.8, 4) is 0 Å². The molecule has 1 unspecified atom stereocenters. The Morgan fingerprint density at radius 2 is 2.17 bits per heavy atom. The number of anilines is 1. The number of aryl methyl sites for hydroxylation is 1. The highest BCUT2D eigenvalue weighted by Crippen LogP contribution is 2.24. The molecule has 0 saturated carbocycles. The van der Waals surface area contributed by atoms with E-state index in [1.54, 1.807) is 6.08 Å². The van der Waals surface area contributed by atoms with Crippen molar-refractivity contribution in [2.45, 2.75) is 45.4 Å². The summed E-state index contributed by atoms with van der Waals surface area (Å²) in [6, 6.07) is 6.37. The van der Waals surface area contributed by atoms with Gasteiger partial charge in [0.1, 0.15) is 0 Å². The number of hydrogen-bond acceptors (Lipinski definition) is 4. The first-order chi connectivity index (χ1) is 11.5. The van der Waals surface area contributed by atoms with Crippen LogP contribution < -0.4 is 10.6 Å². The number of aliphatic hydroxyl groups excluding tert-OH is 1. The van der Waals surface area contributed by atoms with Crippen LogP contribution in [0.4, 0.5) is 5.69 Å². The van der Waals surface area contributed by atoms with E-state index in [0.717, 1.165) is 42.7 Å². The van der Waals surface area contributed by atoms with Gasteiger partial charge in [0, 0.05) is 36.4 Å². The van der Waals surface area contributed by atoms with Crippen molar-refractivity contribution in [2.24, 2.45) is 0 Å². The SMILES string of the molecule is C=CC(C)NC(=O)CN1CCC(Nc2c(C)cccc2CO)CC1. The average molecular weight is 331 g/mol. The van der Waals surface area contributed by atoms with Gasteiger partial charge in [0.25, 0.3) is 0 Å². The van der Waals surface area contributed by atoms with E-state index in [4.69, 9.17) is 0 Å². The van der Waals surface area contributed by atoms with Crippen molar-refractivity contribution < 1.29 is 9.90 Å². The van der Waals surface area contributed by atoms with Crippen LogP contribution in [0.1, 0.15) is 30.9 Å². The topological polar surface area (TPSA) is 64.6 Å². The molecule has 24 heavy (non-hydrogen) atoms. The monoisotopic (exact) mass is 331 g/mol. The maximum atomic E-state index is 11.9. The summed E-state index contributed by atoms with van der Waals surface area (Å²) in [4.78, 5) is 14.1. The summed E-state index contributed by atoms with van der Waals surface area (Å²) in [7, 11) is 0. The second-order valence-corrected chi connectivity index (χ2v) is 6.55. The highest BCUT2D eigenvalue weighted by atomic mass is 16.3. The van der Waals surface area contributed by atoms with Gasteiger partial charge < -0.3 is 15.7 Å². The van der Waals surface area contributed by atoms with Crippen LogP contribution in [0.2, 0.25) is 0 Å². The van der Waals surface area contributed by atoms with Gasteiger partial charge in [-0.2, -0.15) is 0 Å². The molecule has 2 rings (SSSR count). The number of hydrogen-bond donors (Lipinski definition) is 3. The maximum absolute atomic E-state index is 11.9. The van der Waals surface area contributed by atoms with Crippen molar-refractivity contribution in [1.29, 1.82) is 0 Å². The average Bonchev–Trinajstić information content (AvgIpc) is 2.58. The van der Waals surface area contributed by atoms with E-state index in [0.29, 0.717) is 12.6 Å². The molecule has 1 aliphatic heterocycles. The van der Waals surface area contributed by atoms with Gasteiger partial charge in [-0.25, -0.2) is 0 Å². The maximum Gasteiger partial charge on any atom is 0.234 e. The summed E-state index contributed by atoms with van der Waals surface area (Å²) in [5.74, 6) is 0.0512. The zero-order valence-electron chi connectivity index (χ0n) is 14.7. The summed E-state index contributed by atoms with van der Waals surface area (Å²) >= 11 is 0. The van der Waals surface area contributed by atoms with Crippen LogP contribution >= 0.6 is 0 Å². The van der Waals surface area contributed by atoms with Crippen LogP contribution in [0.3, 0.4) is 0 Å². The molecule has 1 atom stereocenters. The second kappa shape index (κ2) is 8.85. The minimum absolute atomic E-state index is 0.00895. The molecule has 5 heteroatoms. The van der Waals surface area contributed by atoms with E-state index in [1.807, 2.05) is 19.1 Å². The molecule has 132 valence electrons. The van der Waals surface area contributed by atoms with Gasteiger partial charge >= 0.3 is 0 Å². The van der Waals surface area contributed by atoms with E-state index in [2.05, 4.69) is 35.1 Å². The lowest BCUT2D eigenvalue weighted by molar-refractivity contribution is -0.122. The standard InChI is InChI=1S/C19H29N3O2/c1-4-15(3)20-18(24)12-22-10-8-17(9-11-22)21-19-14(2)6-5-7-16(19)13-23/h4-7,15,17,21,23H,1,8-13H2,2-3H3,(H,20,24). The van der Waals surface area contributed by atoms with Crippen LogP contribution in [0.25, 0.3) is 0 Å². The third kappa shape index (κ3) is 5.08. The number of para-hydroxylation sites is 1. The number of carbonyl (C=O) groups excluding carboxylic acids is 1. The molecule has 1 heterocycles. The summed E-state index contributed by atoms with van der Waals surface area (Å²) in [6.07, 6.45) is 3.71. The molecule has 1 saturated heterocycles. The fourth-order valence-electron chi connectivity index (χ4n) is 3.07. The summed E-state index contributed by atoms with van der Waals surface area (Å²) in [5, 5.41) is 16.0. The Balaban J connectivity index is 1.83. The van der Waals surface area contributed by atoms with Gasteiger partial charge in [-0.3, -0.25) is 9.69 Å². The first-order valence-corrected chi connectivity index (χ1v) is 8.63. The first-order valence-electron chi connectivity index (χ1n) is 8.63. The number of likely N-dealkylation sites (tertiary alicyclic amines) is 1. The molecular weight excluding hydrogens is 302 g/mol. The lowest BCUT2D eigenvalue weighted by Crippen LogP contribution is -2.45. The van der Waals surface area contributed by atoms with Crippen molar-refractivity contribution >= 4 is 11.6 Å². The van der Waals surface area contributed by atoms with Crippen molar-refractivity contribution in [3.63, 3.8) is 0 Å². The Morgan fingerprint density at radius 3 is 2.79 bits per heavy atom. The molecular formula is C19H29N3O2. The lowest BCUT2D eigenvalue weighted by atomic mass is 10.0. The first kappa shape index (κ1) is 18.5. The number of amides is 1. The van der Waals surface area contributed by atoms with E-state index < -0.39 is 0 Å². The molecule has 1 aliphatic rings. The highest BCUT2D eigenvalue weighted by Gasteiger charge is 2.22. The normalized spacial score (nSPS) is 17.3. The third-order valence-electron chi connectivity index (χ3n) is 4.57. The van der Waals surface area contributed by atoms with E-state index >= 15 is 0 Å². The molecule has 5 nitrogen and oxygen atoms in total. The molecule has 3 N–H and O–H groups in total. The third-order valence-corrected chi connectivity index (χ3v) is 4.57. The number of rotatable bonds is 7. The quantitative estimate of drug-likeness (QED) is 0.669. The van der Waals surface area contributed by atoms with E-state index in [1.165, 1.54) is 0 Å². The molecule has 1 amide bonds. The van der Waals surface area contributed by atoms with Crippen LogP contribution in [0.15, 0.2) is 30.9 Å². The molecule has 0 bridgehead atoms. The number of nitrogens with one attached hydrogen (secondary N) is 2. The Kier molecular flexibility index (Phi) is 6.82. The van der Waals surface area contributed by atoms with Crippen LogP contribution in [-0.4, -0.2) is 47.6 Å². The van der Waals surface area contributed by atoms with E-state index in [-0.39, 0.29) is 18.6 Å². The van der Waals surface area contributed by atoms with Crippen LogP contribution in [0.5, 0.6) is 0 Å². The van der Waals surface area contributed by atoms with Gasteiger partial charge in [0.05, 0.1) is 13.2 Å². The van der Waals surface area contributed by atoms with Gasteiger partial charge in [-0.1, -0.05) is 24.3 Å². The lowest BCUT2D eigenvalue weighted by Gasteiger charge is -2.33. The Labute approximate surface area is 144 Å². The minimum atomic E-state index is 0.00895. The van der Waals surface area contributed by atoms with Gasteiger partial charge in [-0.05, 0) is 32.3 Å². The Morgan fingerprint density at radius 1 is 1.46 bits per heavy atom. The number of carbonyl (C=O) groups is 1. The van der Waals surface area contributed by atoms with Gasteiger partial charge in [-0.15, -0.1) is 6.58 Å². The van der Waals surface area contributed by atoms with Crippen molar-refractivity contribution in [1.82, 2.24) is 10.2 Å². The number of piperidine rings is 1. The molecule has 0 radical (unpaired) electrons. The zero-order valence-corrected chi connectivity index (χ0v) is 14.7. The summed E-state index contributed by atoms with van der Waals surface area (Å²) in [5.41, 5.74) is 3.15. The largest absolute Gasteiger partial charge is 0.392 e. The predicted molar refractivity (Wildman–Crippen MR) is 98.0 cm³/mol. The van der Waals surface area contributed by atoms with Gasteiger partial charge in [0.15, 0.2) is 0 Å². The number of benzene rings is 1. The summed E-state index contributed by atoms with van der Waals surface area (Å²) in [6.45, 7) is 9.93.